The minimum absolute atomic E-state index is 0.0638. The highest BCUT2D eigenvalue weighted by atomic mass is 35.5. The molecule has 1 aromatic rings. The molecule has 0 bridgehead atoms. The van der Waals surface area contributed by atoms with Crippen molar-refractivity contribution in [3.05, 3.63) is 32.3 Å². The molecule has 1 aromatic carbocycles. The lowest BCUT2D eigenvalue weighted by molar-refractivity contribution is -0.383. The molecule has 14 heavy (non-hydrogen) atoms. The van der Waals surface area contributed by atoms with Gasteiger partial charge in [0.25, 0.3) is 5.69 Å². The highest BCUT2D eigenvalue weighted by Crippen LogP contribution is 2.32. The summed E-state index contributed by atoms with van der Waals surface area (Å²) in [5.41, 5.74) is 4.99. The van der Waals surface area contributed by atoms with Crippen molar-refractivity contribution in [2.24, 2.45) is 0 Å². The fourth-order valence-electron chi connectivity index (χ4n) is 0.722. The van der Waals surface area contributed by atoms with Crippen molar-refractivity contribution in [3.63, 3.8) is 0 Å². The monoisotopic (exact) mass is 234 g/mol. The van der Waals surface area contributed by atoms with Gasteiger partial charge in [0.05, 0.1) is 9.95 Å². The van der Waals surface area contributed by atoms with Crippen molar-refractivity contribution < 1.29 is 4.92 Å². The summed E-state index contributed by atoms with van der Waals surface area (Å²) in [6.07, 6.45) is 0. The van der Waals surface area contributed by atoms with E-state index in [9.17, 15) is 10.1 Å². The number of nitrogens with two attached hydrogens (primary N) is 1. The first-order chi connectivity index (χ1) is 6.52. The lowest BCUT2D eigenvalue weighted by atomic mass is 10.3. The molecule has 74 valence electrons. The van der Waals surface area contributed by atoms with Crippen LogP contribution in [-0.4, -0.2) is 4.92 Å². The van der Waals surface area contributed by atoms with Crippen LogP contribution in [0.3, 0.4) is 0 Å². The van der Waals surface area contributed by atoms with Gasteiger partial charge < -0.3 is 5.73 Å². The Balaban J connectivity index is 0.000000791. The van der Waals surface area contributed by atoms with Crippen LogP contribution >= 0.6 is 23.2 Å². The van der Waals surface area contributed by atoms with Crippen LogP contribution in [0.25, 0.3) is 0 Å². The topological polar surface area (TPSA) is 117 Å². The summed E-state index contributed by atoms with van der Waals surface area (Å²) in [6.45, 7) is 0. The molecule has 0 radical (unpaired) electrons. The van der Waals surface area contributed by atoms with Gasteiger partial charge in [0.15, 0.2) is 0 Å². The predicted molar refractivity (Wildman–Crippen MR) is 51.0 cm³/mol. The summed E-state index contributed by atoms with van der Waals surface area (Å²) in [6, 6.07) is 2.51. The lowest BCUT2D eigenvalue weighted by Crippen LogP contribution is -1.95. The van der Waals surface area contributed by atoms with E-state index in [-0.39, 0.29) is 21.4 Å². The van der Waals surface area contributed by atoms with E-state index in [0.29, 0.717) is 0 Å². The third-order valence-corrected chi connectivity index (χ3v) is 1.80. The van der Waals surface area contributed by atoms with E-state index in [2.05, 4.69) is 0 Å². The van der Waals surface area contributed by atoms with Gasteiger partial charge in [0.2, 0.25) is 0 Å². The zero-order valence-corrected chi connectivity index (χ0v) is 8.16. The molecule has 8 heteroatoms. The molecule has 1 rings (SSSR count). The SMILES string of the molecule is N#N.Nc1c(Cl)cc(Cl)cc1[N+](=O)[O-]. The van der Waals surface area contributed by atoms with Gasteiger partial charge in [-0.15, -0.1) is 0 Å². The summed E-state index contributed by atoms with van der Waals surface area (Å²) in [5, 5.41) is 22.6. The number of nitro benzene ring substituents is 1. The van der Waals surface area contributed by atoms with Crippen molar-refractivity contribution in [1.29, 1.82) is 10.8 Å². The fraction of sp³-hybridized carbons (Fsp3) is 0. The van der Waals surface area contributed by atoms with Gasteiger partial charge >= 0.3 is 0 Å². The maximum Gasteiger partial charge on any atom is 0.295 e. The van der Waals surface area contributed by atoms with Crippen molar-refractivity contribution in [2.75, 3.05) is 5.73 Å². The molecule has 0 unspecified atom stereocenters. The smallest absolute Gasteiger partial charge is 0.295 e. The first-order valence-electron chi connectivity index (χ1n) is 3.11. The molecule has 0 aromatic heterocycles. The Morgan fingerprint density at radius 2 is 1.86 bits per heavy atom. The van der Waals surface area contributed by atoms with Crippen LogP contribution in [-0.2, 0) is 0 Å². The van der Waals surface area contributed by atoms with Gasteiger partial charge in [-0.3, -0.25) is 10.1 Å². The first kappa shape index (κ1) is 12.4. The maximum atomic E-state index is 10.3. The maximum absolute atomic E-state index is 10.3. The quantitative estimate of drug-likeness (QED) is 0.347. The summed E-state index contributed by atoms with van der Waals surface area (Å²) in [5.74, 6) is 0. The van der Waals surface area contributed by atoms with Crippen LogP contribution < -0.4 is 5.73 Å². The van der Waals surface area contributed by atoms with Gasteiger partial charge in [0.1, 0.15) is 5.69 Å². The summed E-state index contributed by atoms with van der Waals surface area (Å²) < 4.78 is 0. The third kappa shape index (κ3) is 2.73. The molecule has 0 aliphatic carbocycles. The number of rotatable bonds is 1. The van der Waals surface area contributed by atoms with E-state index in [1.165, 1.54) is 6.07 Å². The highest BCUT2D eigenvalue weighted by Gasteiger charge is 2.15. The van der Waals surface area contributed by atoms with E-state index >= 15 is 0 Å². The third-order valence-electron chi connectivity index (χ3n) is 1.27. The molecular weight excluding hydrogens is 231 g/mol. The molecule has 0 atom stereocenters. The van der Waals surface area contributed by atoms with Crippen molar-refractivity contribution in [3.8, 4) is 0 Å². The van der Waals surface area contributed by atoms with Crippen LogP contribution in [0.15, 0.2) is 12.1 Å². The Morgan fingerprint density at radius 1 is 1.36 bits per heavy atom. The van der Waals surface area contributed by atoms with Gasteiger partial charge in [-0.1, -0.05) is 23.2 Å². The Hall–Kier alpha value is -1.58. The number of benzene rings is 1. The van der Waals surface area contributed by atoms with E-state index in [1.807, 2.05) is 0 Å². The van der Waals surface area contributed by atoms with Crippen LogP contribution in [0.1, 0.15) is 0 Å². The molecular formula is C6H4Cl2N4O2. The minimum atomic E-state index is -0.632. The molecule has 0 aliphatic heterocycles. The average molecular weight is 235 g/mol. The number of nitro groups is 1. The standard InChI is InChI=1S/C6H4Cl2N2O2.N2/c7-3-1-4(8)6(9)5(2-3)10(11)12;1-2/h1-2H,9H2;. The normalized spacial score (nSPS) is 8.57. The lowest BCUT2D eigenvalue weighted by Gasteiger charge is -1.99. The van der Waals surface area contributed by atoms with Crippen LogP contribution in [0, 0.1) is 20.9 Å². The van der Waals surface area contributed by atoms with Crippen molar-refractivity contribution in [2.45, 2.75) is 0 Å². The Morgan fingerprint density at radius 3 is 2.29 bits per heavy atom. The van der Waals surface area contributed by atoms with Crippen LogP contribution in [0.2, 0.25) is 10.0 Å². The van der Waals surface area contributed by atoms with Gasteiger partial charge in [-0.2, -0.15) is 0 Å². The van der Waals surface area contributed by atoms with Crippen LogP contribution in [0.4, 0.5) is 11.4 Å². The molecule has 0 spiro atoms. The Labute approximate surface area is 88.8 Å². The number of hydrogen-bond acceptors (Lipinski definition) is 5. The fourth-order valence-corrected chi connectivity index (χ4v) is 1.20. The number of hydrogen-bond donors (Lipinski definition) is 1. The largest absolute Gasteiger partial charge is 0.392 e. The molecule has 0 saturated heterocycles. The van der Waals surface area contributed by atoms with E-state index in [0.717, 1.165) is 6.07 Å². The molecule has 0 aliphatic rings. The zero-order valence-electron chi connectivity index (χ0n) is 6.65. The van der Waals surface area contributed by atoms with Gasteiger partial charge in [-0.05, 0) is 6.07 Å². The predicted octanol–water partition coefficient (Wildman–Crippen LogP) is 2.51. The Kier molecular flexibility index (Phi) is 4.63. The Bertz CT molecular complexity index is 380. The van der Waals surface area contributed by atoms with Crippen molar-refractivity contribution >= 4 is 34.6 Å². The summed E-state index contributed by atoms with van der Waals surface area (Å²) in [7, 11) is 0. The average Bonchev–Trinajstić information content (AvgIpc) is 2.14. The molecule has 2 N–H and O–H groups in total. The molecule has 6 nitrogen and oxygen atoms in total. The van der Waals surface area contributed by atoms with E-state index < -0.39 is 4.92 Å². The number of anilines is 1. The second kappa shape index (κ2) is 5.21. The van der Waals surface area contributed by atoms with Crippen molar-refractivity contribution in [1.82, 2.24) is 0 Å². The van der Waals surface area contributed by atoms with E-state index in [4.69, 9.17) is 39.7 Å². The number of halogens is 2. The second-order valence-electron chi connectivity index (χ2n) is 2.08. The number of nitrogen functional groups attached to an aromatic ring is 1. The molecule has 0 fully saturated rings. The van der Waals surface area contributed by atoms with Crippen LogP contribution in [0.5, 0.6) is 0 Å². The molecule has 0 amide bonds. The zero-order chi connectivity index (χ0) is 11.3. The number of nitrogens with zero attached hydrogens (tertiary/aromatic N) is 3. The van der Waals surface area contributed by atoms with Gasteiger partial charge in [-0.25, -0.2) is 0 Å². The van der Waals surface area contributed by atoms with E-state index in [1.54, 1.807) is 0 Å². The first-order valence-corrected chi connectivity index (χ1v) is 3.87. The second-order valence-corrected chi connectivity index (χ2v) is 2.92. The highest BCUT2D eigenvalue weighted by molar-refractivity contribution is 6.36. The summed E-state index contributed by atoms with van der Waals surface area (Å²) >= 11 is 11.1. The minimum Gasteiger partial charge on any atom is -0.392 e. The molecule has 0 saturated carbocycles. The molecule has 0 heterocycles. The van der Waals surface area contributed by atoms with Gasteiger partial charge in [0, 0.05) is 21.9 Å². The summed E-state index contributed by atoms with van der Waals surface area (Å²) in [4.78, 5) is 9.70.